The molecule has 0 spiro atoms. The van der Waals surface area contributed by atoms with Gasteiger partial charge < -0.3 is 16.2 Å². The van der Waals surface area contributed by atoms with Crippen LogP contribution in [0.2, 0.25) is 5.02 Å². The van der Waals surface area contributed by atoms with Gasteiger partial charge in [-0.2, -0.15) is 0 Å². The third-order valence-electron chi connectivity index (χ3n) is 3.40. The number of rotatable bonds is 6. The molecule has 2 amide bonds. The summed E-state index contributed by atoms with van der Waals surface area (Å²) in [6, 6.07) is 11.3. The van der Waals surface area contributed by atoms with E-state index in [1.807, 2.05) is 0 Å². The van der Waals surface area contributed by atoms with Crippen molar-refractivity contribution in [2.24, 2.45) is 5.73 Å². The van der Waals surface area contributed by atoms with E-state index in [4.69, 9.17) is 22.4 Å². The molecular formula is C17H15ClN2O4. The number of amides is 2. The van der Waals surface area contributed by atoms with Crippen LogP contribution >= 0.6 is 11.6 Å². The minimum atomic E-state index is -1.04. The van der Waals surface area contributed by atoms with E-state index in [9.17, 15) is 14.4 Å². The van der Waals surface area contributed by atoms with Gasteiger partial charge in [-0.05, 0) is 42.0 Å². The number of nitrogens with one attached hydrogen (secondary N) is 1. The molecular weight excluding hydrogens is 332 g/mol. The van der Waals surface area contributed by atoms with Crippen molar-refractivity contribution >= 4 is 29.4 Å². The van der Waals surface area contributed by atoms with Crippen LogP contribution < -0.4 is 11.1 Å². The third kappa shape index (κ3) is 4.57. The highest BCUT2D eigenvalue weighted by molar-refractivity contribution is 6.30. The van der Waals surface area contributed by atoms with E-state index in [2.05, 4.69) is 5.32 Å². The summed E-state index contributed by atoms with van der Waals surface area (Å²) in [7, 11) is 0. The first kappa shape index (κ1) is 17.5. The second-order valence-corrected chi connectivity index (χ2v) is 5.58. The van der Waals surface area contributed by atoms with Gasteiger partial charge in [-0.15, -0.1) is 0 Å². The Morgan fingerprint density at radius 3 is 2.04 bits per heavy atom. The molecule has 0 aliphatic rings. The Hall–Kier alpha value is -2.86. The summed E-state index contributed by atoms with van der Waals surface area (Å²) in [4.78, 5) is 34.6. The molecule has 0 saturated carbocycles. The number of carbonyl (C=O) groups excluding carboxylic acids is 2. The Balaban J connectivity index is 2.09. The van der Waals surface area contributed by atoms with Gasteiger partial charge in [0.05, 0.1) is 5.56 Å². The number of hydrogen-bond donors (Lipinski definition) is 3. The van der Waals surface area contributed by atoms with E-state index in [-0.39, 0.29) is 12.0 Å². The second-order valence-electron chi connectivity index (χ2n) is 5.14. The van der Waals surface area contributed by atoms with Crippen LogP contribution in [0.15, 0.2) is 48.5 Å². The summed E-state index contributed by atoms with van der Waals surface area (Å²) in [6.07, 6.45) is 0.161. The van der Waals surface area contributed by atoms with Gasteiger partial charge >= 0.3 is 5.97 Å². The van der Waals surface area contributed by atoms with E-state index in [0.29, 0.717) is 16.1 Å². The Labute approximate surface area is 143 Å². The number of halogens is 1. The van der Waals surface area contributed by atoms with Crippen molar-refractivity contribution in [3.8, 4) is 0 Å². The minimum absolute atomic E-state index is 0.138. The smallest absolute Gasteiger partial charge is 0.335 e. The van der Waals surface area contributed by atoms with Crippen LogP contribution in [0.3, 0.4) is 0 Å². The lowest BCUT2D eigenvalue weighted by Crippen LogP contribution is -2.45. The van der Waals surface area contributed by atoms with Crippen LogP contribution in [0.5, 0.6) is 0 Å². The van der Waals surface area contributed by atoms with Crippen molar-refractivity contribution in [2.75, 3.05) is 0 Å². The van der Waals surface area contributed by atoms with Crippen molar-refractivity contribution in [3.05, 3.63) is 70.2 Å². The summed E-state index contributed by atoms with van der Waals surface area (Å²) in [5.41, 5.74) is 6.52. The quantitative estimate of drug-likeness (QED) is 0.741. The molecule has 2 aromatic carbocycles. The summed E-state index contributed by atoms with van der Waals surface area (Å²) in [6.45, 7) is 0. The molecule has 0 aliphatic heterocycles. The summed E-state index contributed by atoms with van der Waals surface area (Å²) in [5, 5.41) is 11.9. The molecule has 0 aliphatic carbocycles. The highest BCUT2D eigenvalue weighted by atomic mass is 35.5. The molecule has 4 N–H and O–H groups in total. The topological polar surface area (TPSA) is 109 Å². The minimum Gasteiger partial charge on any atom is -0.478 e. The van der Waals surface area contributed by atoms with Crippen LogP contribution in [-0.4, -0.2) is 28.9 Å². The van der Waals surface area contributed by atoms with E-state index >= 15 is 0 Å². The van der Waals surface area contributed by atoms with E-state index < -0.39 is 23.8 Å². The first-order chi connectivity index (χ1) is 11.4. The zero-order valence-electron chi connectivity index (χ0n) is 12.5. The largest absolute Gasteiger partial charge is 0.478 e. The van der Waals surface area contributed by atoms with E-state index in [1.165, 1.54) is 24.3 Å². The van der Waals surface area contributed by atoms with E-state index in [0.717, 1.165) is 0 Å². The van der Waals surface area contributed by atoms with Gasteiger partial charge in [-0.25, -0.2) is 4.79 Å². The third-order valence-corrected chi connectivity index (χ3v) is 3.65. The van der Waals surface area contributed by atoms with Gasteiger partial charge in [0.2, 0.25) is 5.91 Å². The lowest BCUT2D eigenvalue weighted by atomic mass is 10.0. The molecule has 0 radical (unpaired) electrons. The molecule has 0 saturated heterocycles. The van der Waals surface area contributed by atoms with Gasteiger partial charge in [-0.3, -0.25) is 9.59 Å². The fourth-order valence-corrected chi connectivity index (χ4v) is 2.21. The number of carboxylic acids is 1. The Bertz CT molecular complexity index is 757. The molecule has 0 fully saturated rings. The monoisotopic (exact) mass is 346 g/mol. The number of carbonyl (C=O) groups is 3. The Kier molecular flexibility index (Phi) is 5.55. The fraction of sp³-hybridized carbons (Fsp3) is 0.118. The van der Waals surface area contributed by atoms with Gasteiger partial charge in [0.25, 0.3) is 5.91 Å². The van der Waals surface area contributed by atoms with Gasteiger partial charge in [0.15, 0.2) is 0 Å². The van der Waals surface area contributed by atoms with E-state index in [1.54, 1.807) is 24.3 Å². The molecule has 1 atom stereocenters. The Morgan fingerprint density at radius 2 is 1.54 bits per heavy atom. The molecule has 0 bridgehead atoms. The van der Waals surface area contributed by atoms with Crippen LogP contribution in [0.1, 0.15) is 26.3 Å². The first-order valence-electron chi connectivity index (χ1n) is 7.05. The second kappa shape index (κ2) is 7.61. The van der Waals surface area contributed by atoms with Crippen LogP contribution in [0, 0.1) is 0 Å². The number of benzene rings is 2. The van der Waals surface area contributed by atoms with Crippen molar-refractivity contribution in [1.82, 2.24) is 5.32 Å². The molecule has 0 aromatic heterocycles. The normalized spacial score (nSPS) is 11.5. The maximum atomic E-state index is 12.2. The predicted octanol–water partition coefficient (Wildman–Crippen LogP) is 1.86. The van der Waals surface area contributed by atoms with Crippen LogP contribution in [0.25, 0.3) is 0 Å². The number of aromatic carboxylic acids is 1. The maximum Gasteiger partial charge on any atom is 0.335 e. The average molecular weight is 347 g/mol. The number of nitrogens with two attached hydrogens (primary N) is 1. The van der Waals surface area contributed by atoms with Gasteiger partial charge in [0, 0.05) is 17.0 Å². The van der Waals surface area contributed by atoms with Crippen LogP contribution in [0.4, 0.5) is 0 Å². The zero-order valence-corrected chi connectivity index (χ0v) is 13.3. The maximum absolute atomic E-state index is 12.2. The zero-order chi connectivity index (χ0) is 17.7. The first-order valence-corrected chi connectivity index (χ1v) is 7.42. The predicted molar refractivity (Wildman–Crippen MR) is 89.0 cm³/mol. The van der Waals surface area contributed by atoms with Crippen LogP contribution in [-0.2, 0) is 11.2 Å². The number of carboxylic acid groups (broad SMARTS) is 1. The average Bonchev–Trinajstić information content (AvgIpc) is 2.55. The lowest BCUT2D eigenvalue weighted by Gasteiger charge is -2.16. The van der Waals surface area contributed by atoms with Gasteiger partial charge in [-0.1, -0.05) is 23.7 Å². The molecule has 6 nitrogen and oxygen atoms in total. The molecule has 0 unspecified atom stereocenters. The molecule has 24 heavy (non-hydrogen) atoms. The highest BCUT2D eigenvalue weighted by Gasteiger charge is 2.19. The summed E-state index contributed by atoms with van der Waals surface area (Å²) >= 11 is 5.77. The molecule has 2 rings (SSSR count). The lowest BCUT2D eigenvalue weighted by molar-refractivity contribution is -0.119. The Morgan fingerprint density at radius 1 is 1.00 bits per heavy atom. The molecule has 2 aromatic rings. The van der Waals surface area contributed by atoms with Crippen molar-refractivity contribution in [2.45, 2.75) is 12.5 Å². The molecule has 124 valence electrons. The fourth-order valence-electron chi connectivity index (χ4n) is 2.08. The van der Waals surface area contributed by atoms with Gasteiger partial charge in [0.1, 0.15) is 6.04 Å². The summed E-state index contributed by atoms with van der Waals surface area (Å²) < 4.78 is 0. The molecule has 0 heterocycles. The number of primary amides is 1. The number of hydrogen-bond acceptors (Lipinski definition) is 3. The standard InChI is InChI=1S/C17H15ClN2O4/c18-13-7-5-11(6-8-13)16(22)20-14(15(19)21)9-10-1-3-12(4-2-10)17(23)24/h1-8,14H,9H2,(H2,19,21)(H,20,22)(H,23,24)/t14-/m0/s1. The van der Waals surface area contributed by atoms with Crippen molar-refractivity contribution < 1.29 is 19.5 Å². The highest BCUT2D eigenvalue weighted by Crippen LogP contribution is 2.11. The molecule has 7 heteroatoms. The van der Waals surface area contributed by atoms with Crippen molar-refractivity contribution in [3.63, 3.8) is 0 Å². The van der Waals surface area contributed by atoms with Crippen molar-refractivity contribution in [1.29, 1.82) is 0 Å². The SMILES string of the molecule is NC(=O)[C@H](Cc1ccc(C(=O)O)cc1)NC(=O)c1ccc(Cl)cc1. The summed E-state index contributed by atoms with van der Waals surface area (Å²) in [5.74, 6) is -2.17.